The van der Waals surface area contributed by atoms with Gasteiger partial charge < -0.3 is 14.6 Å². The minimum Gasteiger partial charge on any atom is -0.456 e. The average molecular weight is 748 g/mol. The third kappa shape index (κ3) is 5.02. The summed E-state index contributed by atoms with van der Waals surface area (Å²) >= 11 is 0. The van der Waals surface area contributed by atoms with Gasteiger partial charge in [-0.25, -0.2) is 0 Å². The van der Waals surface area contributed by atoms with Crippen LogP contribution >= 0.6 is 0 Å². The Balaban J connectivity index is 1.23. The van der Waals surface area contributed by atoms with Crippen LogP contribution in [0, 0.1) is 0 Å². The molecule has 10 aromatic rings. The normalized spacial score (nSPS) is 14.7. The summed E-state index contributed by atoms with van der Waals surface area (Å²) in [6.07, 6.45) is 0. The monoisotopic (exact) mass is 747 g/mol. The molecule has 9 aromatic carbocycles. The first-order valence-corrected chi connectivity index (χ1v) is 19.2. The second-order valence-electron chi connectivity index (χ2n) is 14.6. The molecule has 0 spiro atoms. The molecule has 0 aliphatic carbocycles. The quantitative estimate of drug-likeness (QED) is 0.178. The molecule has 0 saturated carbocycles. The standard InChI is InChI=1S/C54H35BN2O/c1-5-16-35(17-6-1)39-28-31-48-46(32-39)55-45-30-29-44-43-24-13-14-27-47(43)56-52(44)54(45)58-50-34-40(36-18-7-2-8-19-36)33-49(51(50)55)57(48)53-41(37-20-9-3-10-21-37)25-15-26-42(53)38-22-11-4-12-23-38/h1-34,56H/i1D,5D,6D,13D,14D,16D,17D,24D,27D. The molecule has 3 heterocycles. The maximum Gasteiger partial charge on any atom is 0.256 e. The molecule has 58 heavy (non-hydrogen) atoms. The van der Waals surface area contributed by atoms with Gasteiger partial charge in [-0.15, -0.1) is 0 Å². The zero-order valence-electron chi connectivity index (χ0n) is 39.9. The summed E-state index contributed by atoms with van der Waals surface area (Å²) in [7, 11) is 0. The van der Waals surface area contributed by atoms with Crippen molar-refractivity contribution in [2.45, 2.75) is 0 Å². The molecule has 1 aromatic heterocycles. The molecule has 0 saturated heterocycles. The van der Waals surface area contributed by atoms with Crippen molar-refractivity contribution in [3.63, 3.8) is 0 Å². The summed E-state index contributed by atoms with van der Waals surface area (Å²) in [5, 5.41) is 0.944. The zero-order chi connectivity index (χ0) is 46.0. The van der Waals surface area contributed by atoms with E-state index in [0.717, 1.165) is 66.8 Å². The zero-order valence-corrected chi connectivity index (χ0v) is 30.9. The minimum atomic E-state index is -0.543. The Morgan fingerprint density at radius 1 is 0.483 bits per heavy atom. The van der Waals surface area contributed by atoms with Crippen LogP contribution in [-0.4, -0.2) is 11.7 Å². The highest BCUT2D eigenvalue weighted by molar-refractivity contribution is 6.99. The van der Waals surface area contributed by atoms with Crippen LogP contribution in [0.5, 0.6) is 11.5 Å². The van der Waals surface area contributed by atoms with Gasteiger partial charge >= 0.3 is 0 Å². The van der Waals surface area contributed by atoms with Crippen molar-refractivity contribution < 1.29 is 17.1 Å². The summed E-state index contributed by atoms with van der Waals surface area (Å²) < 4.78 is 85.7. The number of ether oxygens (including phenoxy) is 1. The molecule has 0 atom stereocenters. The Labute approximate surface area is 350 Å². The number of rotatable bonds is 5. The maximum absolute atomic E-state index is 9.06. The first-order valence-electron chi connectivity index (χ1n) is 23.7. The van der Waals surface area contributed by atoms with Crippen molar-refractivity contribution in [1.82, 2.24) is 4.98 Å². The van der Waals surface area contributed by atoms with Gasteiger partial charge in [0.15, 0.2) is 0 Å². The minimum absolute atomic E-state index is 0.0853. The van der Waals surface area contributed by atoms with E-state index in [2.05, 4.69) is 70.5 Å². The molecular formula is C54H35BN2O. The second-order valence-corrected chi connectivity index (χ2v) is 14.6. The summed E-state index contributed by atoms with van der Waals surface area (Å²) in [5.41, 5.74) is 12.1. The lowest BCUT2D eigenvalue weighted by atomic mass is 9.34. The molecule has 2 aliphatic rings. The summed E-state index contributed by atoms with van der Waals surface area (Å²) in [6, 6.07) is 47.8. The van der Waals surface area contributed by atoms with Gasteiger partial charge in [0, 0.05) is 38.8 Å². The SMILES string of the molecule is [2H]c1c([2H])c([2H])c(-c2ccc3c(c2)B2c4ccc5c([nH]c6c([2H])c([2H])c([2H])c([2H])c65)c4Oc4cc(-c5ccccc5)cc(c42)N3c2c(-c3ccccc3)cccc2-c2ccccc2)c([2H])c1[2H]. The van der Waals surface area contributed by atoms with Gasteiger partial charge in [0.2, 0.25) is 0 Å². The molecule has 1 N–H and O–H groups in total. The lowest BCUT2D eigenvalue weighted by Gasteiger charge is -2.42. The van der Waals surface area contributed by atoms with Crippen LogP contribution in [0.2, 0.25) is 0 Å². The Bertz CT molecular complexity index is 3650. The third-order valence-corrected chi connectivity index (χ3v) is 11.5. The first-order chi connectivity index (χ1) is 32.5. The Kier molecular flexibility index (Phi) is 5.57. The van der Waals surface area contributed by atoms with E-state index in [1.165, 1.54) is 0 Å². The summed E-state index contributed by atoms with van der Waals surface area (Å²) in [4.78, 5) is 5.65. The number of anilines is 3. The molecule has 0 unspecified atom stereocenters. The fraction of sp³-hybridized carbons (Fsp3) is 0. The van der Waals surface area contributed by atoms with Crippen molar-refractivity contribution in [3.8, 4) is 56.0 Å². The van der Waals surface area contributed by atoms with Gasteiger partial charge in [0.05, 0.1) is 23.5 Å². The molecule has 4 heteroatoms. The Hall–Kier alpha value is -7.56. The third-order valence-electron chi connectivity index (χ3n) is 11.5. The fourth-order valence-electron chi connectivity index (χ4n) is 8.95. The van der Waals surface area contributed by atoms with Crippen LogP contribution in [0.3, 0.4) is 0 Å². The van der Waals surface area contributed by atoms with Crippen molar-refractivity contribution in [1.29, 1.82) is 0 Å². The largest absolute Gasteiger partial charge is 0.456 e. The van der Waals surface area contributed by atoms with E-state index < -0.39 is 24.8 Å². The van der Waals surface area contributed by atoms with Crippen molar-refractivity contribution in [3.05, 3.63) is 206 Å². The van der Waals surface area contributed by atoms with Gasteiger partial charge in [-0.3, -0.25) is 0 Å². The number of hydrogen-bond donors (Lipinski definition) is 1. The lowest BCUT2D eigenvalue weighted by Crippen LogP contribution is -2.59. The number of para-hydroxylation sites is 2. The highest BCUT2D eigenvalue weighted by Crippen LogP contribution is 2.50. The Morgan fingerprint density at radius 3 is 1.88 bits per heavy atom. The molecular weight excluding hydrogens is 703 g/mol. The van der Waals surface area contributed by atoms with Gasteiger partial charge in [-0.1, -0.05) is 182 Å². The van der Waals surface area contributed by atoms with Gasteiger partial charge in [0.25, 0.3) is 6.71 Å². The lowest BCUT2D eigenvalue weighted by molar-refractivity contribution is 0.492. The van der Waals surface area contributed by atoms with Crippen LogP contribution in [-0.2, 0) is 0 Å². The predicted octanol–water partition coefficient (Wildman–Crippen LogP) is 12.4. The van der Waals surface area contributed by atoms with E-state index in [4.69, 9.17) is 17.1 Å². The van der Waals surface area contributed by atoms with E-state index in [1.54, 1.807) is 0 Å². The summed E-state index contributed by atoms with van der Waals surface area (Å²) in [6.45, 7) is -0.543. The van der Waals surface area contributed by atoms with E-state index in [9.17, 15) is 0 Å². The number of benzene rings is 9. The van der Waals surface area contributed by atoms with E-state index >= 15 is 0 Å². The fourth-order valence-corrected chi connectivity index (χ4v) is 8.95. The summed E-state index contributed by atoms with van der Waals surface area (Å²) in [5.74, 6) is 1.02. The number of aromatic amines is 1. The smallest absolute Gasteiger partial charge is 0.256 e. The maximum atomic E-state index is 9.06. The number of nitrogens with one attached hydrogen (secondary N) is 1. The van der Waals surface area contributed by atoms with E-state index in [1.807, 2.05) is 91.0 Å². The highest BCUT2D eigenvalue weighted by Gasteiger charge is 2.44. The van der Waals surface area contributed by atoms with Crippen molar-refractivity contribution in [2.75, 3.05) is 4.90 Å². The van der Waals surface area contributed by atoms with Gasteiger partial charge in [0.1, 0.15) is 11.5 Å². The molecule has 12 rings (SSSR count). The highest BCUT2D eigenvalue weighted by atomic mass is 16.5. The van der Waals surface area contributed by atoms with Crippen LogP contribution in [0.25, 0.3) is 66.3 Å². The molecule has 3 nitrogen and oxygen atoms in total. The molecule has 270 valence electrons. The van der Waals surface area contributed by atoms with Crippen molar-refractivity contribution >= 4 is 62.0 Å². The number of nitrogens with zero attached hydrogens (tertiary/aromatic N) is 1. The number of hydrogen-bond acceptors (Lipinski definition) is 2. The van der Waals surface area contributed by atoms with Crippen LogP contribution in [0.15, 0.2) is 206 Å². The topological polar surface area (TPSA) is 28.3 Å². The van der Waals surface area contributed by atoms with Crippen molar-refractivity contribution in [2.24, 2.45) is 0 Å². The number of H-pyrrole nitrogens is 1. The van der Waals surface area contributed by atoms with Crippen LogP contribution in [0.4, 0.5) is 17.1 Å². The second kappa shape index (κ2) is 13.0. The molecule has 0 bridgehead atoms. The predicted molar refractivity (Wildman–Crippen MR) is 243 cm³/mol. The number of fused-ring (bicyclic) bond motifs is 8. The van der Waals surface area contributed by atoms with E-state index in [-0.39, 0.29) is 47.3 Å². The van der Waals surface area contributed by atoms with Crippen LogP contribution in [0.1, 0.15) is 12.3 Å². The van der Waals surface area contributed by atoms with Gasteiger partial charge in [-0.2, -0.15) is 0 Å². The Morgan fingerprint density at radius 2 is 1.16 bits per heavy atom. The molecule has 0 fully saturated rings. The molecule has 0 amide bonds. The molecule has 2 aliphatic heterocycles. The first kappa shape index (κ1) is 24.9. The average Bonchev–Trinajstić information content (AvgIpc) is 3.77. The number of aromatic nitrogens is 1. The van der Waals surface area contributed by atoms with E-state index in [0.29, 0.717) is 33.4 Å². The van der Waals surface area contributed by atoms with Crippen LogP contribution < -0.4 is 26.0 Å². The van der Waals surface area contributed by atoms with Gasteiger partial charge in [-0.05, 0) is 74.0 Å². The molecule has 0 radical (unpaired) electrons.